The summed E-state index contributed by atoms with van der Waals surface area (Å²) in [5.41, 5.74) is 0.938. The lowest BCUT2D eigenvalue weighted by Crippen LogP contribution is -2.18. The minimum absolute atomic E-state index is 0.0133. The second kappa shape index (κ2) is 8.24. The topological polar surface area (TPSA) is 44.4 Å². The van der Waals surface area contributed by atoms with Crippen molar-refractivity contribution in [3.8, 4) is 0 Å². The number of unbranched alkanes of at least 4 members (excludes halogenated alkanes) is 1. The fourth-order valence-electron chi connectivity index (χ4n) is 1.66. The molecule has 2 N–H and O–H groups in total. The molecular weight excluding hydrogens is 246 g/mol. The van der Waals surface area contributed by atoms with E-state index in [1.807, 2.05) is 11.4 Å². The van der Waals surface area contributed by atoms with Crippen LogP contribution >= 0.6 is 11.3 Å². The van der Waals surface area contributed by atoms with Gasteiger partial charge >= 0.3 is 0 Å². The minimum Gasteiger partial charge on any atom is -0.325 e. The molecule has 0 radical (unpaired) electrons. The Labute approximate surface area is 113 Å². The van der Waals surface area contributed by atoms with Gasteiger partial charge in [0.25, 0.3) is 0 Å². The van der Waals surface area contributed by atoms with Crippen molar-refractivity contribution in [2.24, 2.45) is 0 Å². The molecule has 0 spiro atoms. The third-order valence-electron chi connectivity index (χ3n) is 2.55. The maximum Gasteiger partial charge on any atom is 0.221 e. The normalized spacial score (nSPS) is 10.9. The number of amides is 1. The molecule has 0 aliphatic rings. The molecule has 0 aliphatic carbocycles. The molecule has 0 aromatic carbocycles. The summed E-state index contributed by atoms with van der Waals surface area (Å²) >= 11 is 1.67. The van der Waals surface area contributed by atoms with E-state index in [4.69, 9.17) is 0 Å². The van der Waals surface area contributed by atoms with E-state index in [0.717, 1.165) is 25.3 Å². The van der Waals surface area contributed by atoms with E-state index in [2.05, 4.69) is 29.6 Å². The first kappa shape index (κ1) is 15.1. The van der Waals surface area contributed by atoms with Gasteiger partial charge in [-0.3, -0.25) is 4.79 Å². The molecule has 1 heterocycles. The van der Waals surface area contributed by atoms with Crippen molar-refractivity contribution in [2.75, 3.05) is 32.5 Å². The van der Waals surface area contributed by atoms with Crippen LogP contribution in [0.3, 0.4) is 0 Å². The molecule has 0 bridgehead atoms. The summed E-state index contributed by atoms with van der Waals surface area (Å²) in [7, 11) is 4.19. The second-order valence-corrected chi connectivity index (χ2v) is 5.63. The maximum absolute atomic E-state index is 11.0. The smallest absolute Gasteiger partial charge is 0.221 e. The molecule has 4 nitrogen and oxygen atoms in total. The Hall–Kier alpha value is -0.910. The fourth-order valence-corrected chi connectivity index (χ4v) is 2.46. The van der Waals surface area contributed by atoms with Crippen LogP contribution in [-0.4, -0.2) is 38.0 Å². The van der Waals surface area contributed by atoms with Crippen LogP contribution < -0.4 is 10.6 Å². The first-order valence-corrected chi connectivity index (χ1v) is 7.17. The molecule has 5 heteroatoms. The maximum atomic E-state index is 11.0. The number of nitrogens with zero attached hydrogens (tertiary/aromatic N) is 1. The molecule has 0 saturated heterocycles. The fraction of sp³-hybridized carbons (Fsp3) is 0.615. The van der Waals surface area contributed by atoms with E-state index in [-0.39, 0.29) is 5.91 Å². The van der Waals surface area contributed by atoms with Crippen molar-refractivity contribution in [3.63, 3.8) is 0 Å². The predicted octanol–water partition coefficient (Wildman–Crippen LogP) is 2.14. The Kier molecular flexibility index (Phi) is 6.93. The van der Waals surface area contributed by atoms with Gasteiger partial charge in [-0.25, -0.2) is 0 Å². The summed E-state index contributed by atoms with van der Waals surface area (Å²) in [6, 6.07) is 1.95. The van der Waals surface area contributed by atoms with E-state index >= 15 is 0 Å². The largest absolute Gasteiger partial charge is 0.325 e. The highest BCUT2D eigenvalue weighted by molar-refractivity contribution is 7.10. The van der Waals surface area contributed by atoms with Crippen molar-refractivity contribution in [2.45, 2.75) is 26.3 Å². The first-order valence-electron chi connectivity index (χ1n) is 6.29. The van der Waals surface area contributed by atoms with E-state index < -0.39 is 0 Å². The lowest BCUT2D eigenvalue weighted by atomic mass is 10.3. The molecule has 1 rings (SSSR count). The number of carbonyl (C=O) groups excluding carboxylic acids is 1. The van der Waals surface area contributed by atoms with E-state index in [1.165, 1.54) is 24.6 Å². The lowest BCUT2D eigenvalue weighted by Gasteiger charge is -2.09. The highest BCUT2D eigenvalue weighted by atomic mass is 32.1. The first-order chi connectivity index (χ1) is 8.59. The van der Waals surface area contributed by atoms with E-state index in [0.29, 0.717) is 0 Å². The van der Waals surface area contributed by atoms with Crippen LogP contribution in [0.2, 0.25) is 0 Å². The Morgan fingerprint density at radius 1 is 1.39 bits per heavy atom. The summed E-state index contributed by atoms with van der Waals surface area (Å²) in [6.07, 6.45) is 2.39. The van der Waals surface area contributed by atoms with Gasteiger partial charge in [-0.15, -0.1) is 11.3 Å². The summed E-state index contributed by atoms with van der Waals surface area (Å²) < 4.78 is 0. The number of hydrogen-bond acceptors (Lipinski definition) is 4. The van der Waals surface area contributed by atoms with Crippen molar-refractivity contribution in [1.82, 2.24) is 10.2 Å². The van der Waals surface area contributed by atoms with Gasteiger partial charge in [0.15, 0.2) is 0 Å². The van der Waals surface area contributed by atoms with Gasteiger partial charge in [-0.1, -0.05) is 0 Å². The highest BCUT2D eigenvalue weighted by Gasteiger charge is 2.04. The number of hydrogen-bond donors (Lipinski definition) is 2. The average molecular weight is 269 g/mol. The number of nitrogens with one attached hydrogen (secondary N) is 2. The zero-order valence-electron chi connectivity index (χ0n) is 11.5. The van der Waals surface area contributed by atoms with Crippen LogP contribution in [0.1, 0.15) is 24.6 Å². The van der Waals surface area contributed by atoms with Gasteiger partial charge in [0.2, 0.25) is 5.91 Å². The summed E-state index contributed by atoms with van der Waals surface area (Å²) in [5, 5.41) is 8.27. The zero-order chi connectivity index (χ0) is 13.4. The third-order valence-corrected chi connectivity index (χ3v) is 3.47. The van der Waals surface area contributed by atoms with Gasteiger partial charge in [0, 0.05) is 18.3 Å². The molecule has 0 fully saturated rings. The third kappa shape index (κ3) is 6.14. The van der Waals surface area contributed by atoms with Crippen LogP contribution in [0.25, 0.3) is 0 Å². The quantitative estimate of drug-likeness (QED) is 0.711. The Balaban J connectivity index is 2.19. The molecule has 0 saturated carbocycles. The van der Waals surface area contributed by atoms with Gasteiger partial charge in [0.05, 0.1) is 5.69 Å². The van der Waals surface area contributed by atoms with E-state index in [9.17, 15) is 4.79 Å². The molecule has 0 unspecified atom stereocenters. The highest BCUT2D eigenvalue weighted by Crippen LogP contribution is 2.21. The van der Waals surface area contributed by atoms with Gasteiger partial charge in [-0.05, 0) is 51.5 Å². The van der Waals surface area contributed by atoms with Gasteiger partial charge in [0.1, 0.15) is 0 Å². The number of rotatable bonds is 8. The van der Waals surface area contributed by atoms with Crippen molar-refractivity contribution < 1.29 is 4.79 Å². The standard InChI is InChI=1S/C13H23N3OS/c1-11(17)15-12-6-9-18-13(12)10-14-7-4-5-8-16(2)3/h6,9,14H,4-5,7-8,10H2,1-3H3,(H,15,17). The molecule has 18 heavy (non-hydrogen) atoms. The van der Waals surface area contributed by atoms with Crippen LogP contribution in [-0.2, 0) is 11.3 Å². The van der Waals surface area contributed by atoms with E-state index in [1.54, 1.807) is 11.3 Å². The predicted molar refractivity (Wildman–Crippen MR) is 78.1 cm³/mol. The molecule has 0 aliphatic heterocycles. The van der Waals surface area contributed by atoms with Crippen molar-refractivity contribution in [3.05, 3.63) is 16.3 Å². The molecule has 0 atom stereocenters. The van der Waals surface area contributed by atoms with Crippen LogP contribution in [0.5, 0.6) is 0 Å². The second-order valence-electron chi connectivity index (χ2n) is 4.63. The number of anilines is 1. The average Bonchev–Trinajstić information content (AvgIpc) is 2.69. The van der Waals surface area contributed by atoms with Crippen LogP contribution in [0, 0.1) is 0 Å². The van der Waals surface area contributed by atoms with Gasteiger partial charge < -0.3 is 15.5 Å². The zero-order valence-corrected chi connectivity index (χ0v) is 12.3. The minimum atomic E-state index is -0.0133. The molecule has 1 amide bonds. The lowest BCUT2D eigenvalue weighted by molar-refractivity contribution is -0.114. The monoisotopic (exact) mass is 269 g/mol. The van der Waals surface area contributed by atoms with Crippen LogP contribution in [0.15, 0.2) is 11.4 Å². The molecule has 1 aromatic rings. The summed E-state index contributed by atoms with van der Waals surface area (Å²) in [6.45, 7) is 4.52. The SMILES string of the molecule is CC(=O)Nc1ccsc1CNCCCCN(C)C. The number of thiophene rings is 1. The molecule has 1 aromatic heterocycles. The van der Waals surface area contributed by atoms with Gasteiger partial charge in [-0.2, -0.15) is 0 Å². The summed E-state index contributed by atoms with van der Waals surface area (Å²) in [4.78, 5) is 14.4. The van der Waals surface area contributed by atoms with Crippen LogP contribution in [0.4, 0.5) is 5.69 Å². The van der Waals surface area contributed by atoms with Crippen molar-refractivity contribution in [1.29, 1.82) is 0 Å². The molecular formula is C13H23N3OS. The summed E-state index contributed by atoms with van der Waals surface area (Å²) in [5.74, 6) is -0.0133. The Morgan fingerprint density at radius 2 is 2.17 bits per heavy atom. The Morgan fingerprint density at radius 3 is 2.83 bits per heavy atom. The van der Waals surface area contributed by atoms with Crippen molar-refractivity contribution >= 4 is 22.9 Å². The number of carbonyl (C=O) groups is 1. The molecule has 102 valence electrons. The Bertz CT molecular complexity index is 363.